The molecular formula is C15H19NO2. The average molecular weight is 245 g/mol. The van der Waals surface area contributed by atoms with Crippen LogP contribution in [0.1, 0.15) is 37.7 Å². The fraction of sp³-hybridized carbons (Fsp3) is 0.533. The molecule has 1 aromatic rings. The van der Waals surface area contributed by atoms with Crippen molar-refractivity contribution < 1.29 is 9.53 Å². The molecule has 3 atom stereocenters. The van der Waals surface area contributed by atoms with Gasteiger partial charge in [-0.25, -0.2) is 0 Å². The van der Waals surface area contributed by atoms with Gasteiger partial charge in [-0.1, -0.05) is 18.2 Å². The van der Waals surface area contributed by atoms with Crippen LogP contribution >= 0.6 is 0 Å². The van der Waals surface area contributed by atoms with Crippen LogP contribution in [0.3, 0.4) is 0 Å². The highest BCUT2D eigenvalue weighted by Crippen LogP contribution is 2.44. The Morgan fingerprint density at radius 2 is 2.17 bits per heavy atom. The van der Waals surface area contributed by atoms with Crippen molar-refractivity contribution in [2.75, 3.05) is 6.61 Å². The Morgan fingerprint density at radius 1 is 1.33 bits per heavy atom. The smallest absolute Gasteiger partial charge is 0.217 e. The first-order valence-electron chi connectivity index (χ1n) is 6.73. The third-order valence-electron chi connectivity index (χ3n) is 4.17. The molecule has 18 heavy (non-hydrogen) atoms. The van der Waals surface area contributed by atoms with Gasteiger partial charge in [0.2, 0.25) is 5.91 Å². The molecule has 1 fully saturated rings. The van der Waals surface area contributed by atoms with E-state index >= 15 is 0 Å². The lowest BCUT2D eigenvalue weighted by atomic mass is 9.72. The number of ether oxygens (including phenoxy) is 1. The van der Waals surface area contributed by atoms with Crippen molar-refractivity contribution in [2.45, 2.75) is 38.1 Å². The summed E-state index contributed by atoms with van der Waals surface area (Å²) in [5.74, 6) is 2.27. The summed E-state index contributed by atoms with van der Waals surface area (Å²) in [4.78, 5) is 11.2. The summed E-state index contributed by atoms with van der Waals surface area (Å²) in [6.45, 7) is 2.43. The molecule has 2 unspecified atom stereocenters. The number of hydrogen-bond acceptors (Lipinski definition) is 2. The fourth-order valence-corrected chi connectivity index (χ4v) is 3.35. The van der Waals surface area contributed by atoms with Crippen LogP contribution in [-0.2, 0) is 4.79 Å². The van der Waals surface area contributed by atoms with Crippen molar-refractivity contribution in [1.29, 1.82) is 0 Å². The first kappa shape index (κ1) is 11.6. The van der Waals surface area contributed by atoms with Gasteiger partial charge >= 0.3 is 0 Å². The molecular weight excluding hydrogens is 226 g/mol. The van der Waals surface area contributed by atoms with Gasteiger partial charge in [0.25, 0.3) is 0 Å². The lowest BCUT2D eigenvalue weighted by Crippen LogP contribution is -2.41. The number of carbonyl (C=O) groups is 1. The molecule has 3 rings (SSSR count). The van der Waals surface area contributed by atoms with E-state index in [1.807, 2.05) is 12.1 Å². The van der Waals surface area contributed by atoms with Gasteiger partial charge in [-0.15, -0.1) is 0 Å². The highest BCUT2D eigenvalue weighted by Gasteiger charge is 2.36. The minimum Gasteiger partial charge on any atom is -0.493 e. The molecule has 1 amide bonds. The first-order chi connectivity index (χ1) is 8.74. The molecule has 1 aliphatic carbocycles. The molecule has 1 aromatic carbocycles. The van der Waals surface area contributed by atoms with E-state index in [4.69, 9.17) is 4.74 Å². The normalized spacial score (nSPS) is 29.7. The molecule has 3 heteroatoms. The van der Waals surface area contributed by atoms with Crippen LogP contribution in [0.4, 0.5) is 0 Å². The highest BCUT2D eigenvalue weighted by atomic mass is 16.5. The fourth-order valence-electron chi connectivity index (χ4n) is 3.35. The van der Waals surface area contributed by atoms with E-state index in [0.717, 1.165) is 31.6 Å². The summed E-state index contributed by atoms with van der Waals surface area (Å²) in [6.07, 6.45) is 3.26. The van der Waals surface area contributed by atoms with Crippen molar-refractivity contribution in [3.63, 3.8) is 0 Å². The number of carbonyl (C=O) groups excluding carboxylic acids is 1. The topological polar surface area (TPSA) is 38.3 Å². The number of amides is 1. The Labute approximate surface area is 108 Å². The first-order valence-corrected chi connectivity index (χ1v) is 6.73. The van der Waals surface area contributed by atoms with Crippen LogP contribution in [0, 0.1) is 5.92 Å². The molecule has 0 spiro atoms. The Kier molecular flexibility index (Phi) is 2.98. The largest absolute Gasteiger partial charge is 0.493 e. The third kappa shape index (κ3) is 2.09. The molecule has 0 aromatic heterocycles. The maximum absolute atomic E-state index is 11.2. The van der Waals surface area contributed by atoms with Crippen molar-refractivity contribution in [3.8, 4) is 5.75 Å². The molecule has 1 aliphatic heterocycles. The predicted octanol–water partition coefficient (Wildman–Crippen LogP) is 2.47. The Hall–Kier alpha value is -1.51. The lowest BCUT2D eigenvalue weighted by Gasteiger charge is -2.40. The molecule has 0 radical (unpaired) electrons. The second-order valence-corrected chi connectivity index (χ2v) is 5.43. The second kappa shape index (κ2) is 4.63. The van der Waals surface area contributed by atoms with Crippen LogP contribution in [0.25, 0.3) is 0 Å². The van der Waals surface area contributed by atoms with Gasteiger partial charge in [-0.3, -0.25) is 4.79 Å². The number of para-hydroxylation sites is 1. The molecule has 1 heterocycles. The van der Waals surface area contributed by atoms with Crippen molar-refractivity contribution in [1.82, 2.24) is 5.32 Å². The van der Waals surface area contributed by atoms with Gasteiger partial charge in [0.05, 0.1) is 6.61 Å². The van der Waals surface area contributed by atoms with Crippen LogP contribution in [0.15, 0.2) is 24.3 Å². The SMILES string of the molecule is CC(=O)N[C@H]1CCC2COc3ccccc3C2C1. The molecule has 3 nitrogen and oxygen atoms in total. The van der Waals surface area contributed by atoms with Gasteiger partial charge in [-0.05, 0) is 36.8 Å². The minimum absolute atomic E-state index is 0.0822. The van der Waals surface area contributed by atoms with Crippen molar-refractivity contribution >= 4 is 5.91 Å². The summed E-state index contributed by atoms with van der Waals surface area (Å²) >= 11 is 0. The Morgan fingerprint density at radius 3 is 3.00 bits per heavy atom. The second-order valence-electron chi connectivity index (χ2n) is 5.43. The van der Waals surface area contributed by atoms with E-state index in [-0.39, 0.29) is 5.91 Å². The number of nitrogens with one attached hydrogen (secondary N) is 1. The summed E-state index contributed by atoms with van der Waals surface area (Å²) in [5, 5.41) is 3.07. The van der Waals surface area contributed by atoms with E-state index in [0.29, 0.717) is 17.9 Å². The summed E-state index contributed by atoms with van der Waals surface area (Å²) in [7, 11) is 0. The number of hydrogen-bond donors (Lipinski definition) is 1. The highest BCUT2D eigenvalue weighted by molar-refractivity contribution is 5.73. The van der Waals surface area contributed by atoms with E-state index in [1.165, 1.54) is 5.56 Å². The maximum Gasteiger partial charge on any atom is 0.217 e. The van der Waals surface area contributed by atoms with Gasteiger partial charge in [0, 0.05) is 18.9 Å². The zero-order valence-corrected chi connectivity index (χ0v) is 10.7. The summed E-state index contributed by atoms with van der Waals surface area (Å²) in [5.41, 5.74) is 1.32. The number of fused-ring (bicyclic) bond motifs is 3. The van der Waals surface area contributed by atoms with Crippen LogP contribution in [0.5, 0.6) is 5.75 Å². The van der Waals surface area contributed by atoms with Crippen LogP contribution in [-0.4, -0.2) is 18.6 Å². The predicted molar refractivity (Wildman–Crippen MR) is 69.6 cm³/mol. The van der Waals surface area contributed by atoms with Crippen molar-refractivity contribution in [2.24, 2.45) is 5.92 Å². The molecule has 0 bridgehead atoms. The quantitative estimate of drug-likeness (QED) is 0.825. The minimum atomic E-state index is 0.0822. The zero-order chi connectivity index (χ0) is 12.5. The third-order valence-corrected chi connectivity index (χ3v) is 4.17. The number of benzene rings is 1. The van der Waals surface area contributed by atoms with Gasteiger partial charge in [-0.2, -0.15) is 0 Å². The Bertz CT molecular complexity index is 458. The van der Waals surface area contributed by atoms with Gasteiger partial charge < -0.3 is 10.1 Å². The molecule has 1 saturated carbocycles. The van der Waals surface area contributed by atoms with Crippen LogP contribution in [0.2, 0.25) is 0 Å². The molecule has 2 aliphatic rings. The summed E-state index contributed by atoms with van der Waals surface area (Å²) in [6, 6.07) is 8.64. The molecule has 0 saturated heterocycles. The van der Waals surface area contributed by atoms with E-state index in [1.54, 1.807) is 6.92 Å². The maximum atomic E-state index is 11.2. The van der Waals surface area contributed by atoms with E-state index in [2.05, 4.69) is 17.4 Å². The molecule has 96 valence electrons. The lowest BCUT2D eigenvalue weighted by molar-refractivity contribution is -0.120. The zero-order valence-electron chi connectivity index (χ0n) is 10.7. The summed E-state index contributed by atoms with van der Waals surface area (Å²) < 4.78 is 5.82. The van der Waals surface area contributed by atoms with E-state index < -0.39 is 0 Å². The molecule has 1 N–H and O–H groups in total. The van der Waals surface area contributed by atoms with E-state index in [9.17, 15) is 4.79 Å². The van der Waals surface area contributed by atoms with Gasteiger partial charge in [0.15, 0.2) is 0 Å². The van der Waals surface area contributed by atoms with Crippen LogP contribution < -0.4 is 10.1 Å². The monoisotopic (exact) mass is 245 g/mol. The number of rotatable bonds is 1. The standard InChI is InChI=1S/C15H19NO2/c1-10(17)16-12-7-6-11-9-18-15-5-3-2-4-13(15)14(11)8-12/h2-5,11-12,14H,6-9H2,1H3,(H,16,17)/t11?,12-,14?/m0/s1. The Balaban J connectivity index is 1.82. The van der Waals surface area contributed by atoms with Gasteiger partial charge in [0.1, 0.15) is 5.75 Å². The van der Waals surface area contributed by atoms with Crippen molar-refractivity contribution in [3.05, 3.63) is 29.8 Å². The average Bonchev–Trinajstić information content (AvgIpc) is 2.38.